The minimum absolute atomic E-state index is 0.130. The second-order valence-electron chi connectivity index (χ2n) is 4.17. The van der Waals surface area contributed by atoms with Crippen molar-refractivity contribution in [2.24, 2.45) is 5.73 Å². The lowest BCUT2D eigenvalue weighted by Crippen LogP contribution is -2.42. The minimum Gasteiger partial charge on any atom is -0.476 e. The molecule has 3 nitrogen and oxygen atoms in total. The fourth-order valence-corrected chi connectivity index (χ4v) is 2.12. The number of nitrogens with two attached hydrogens (primary N) is 1. The third-order valence-electron chi connectivity index (χ3n) is 2.81. The molecule has 0 unspecified atom stereocenters. The van der Waals surface area contributed by atoms with E-state index in [0.29, 0.717) is 12.5 Å². The van der Waals surface area contributed by atoms with Crippen LogP contribution in [0.15, 0.2) is 22.8 Å². The van der Waals surface area contributed by atoms with Crippen LogP contribution in [0.4, 0.5) is 0 Å². The van der Waals surface area contributed by atoms with E-state index >= 15 is 0 Å². The van der Waals surface area contributed by atoms with Crippen molar-refractivity contribution in [1.82, 2.24) is 4.98 Å². The highest BCUT2D eigenvalue weighted by atomic mass is 79.9. The van der Waals surface area contributed by atoms with Gasteiger partial charge >= 0.3 is 0 Å². The molecule has 4 heteroatoms. The van der Waals surface area contributed by atoms with Gasteiger partial charge in [-0.05, 0) is 34.8 Å². The lowest BCUT2D eigenvalue weighted by Gasteiger charge is -2.22. The molecule has 0 amide bonds. The van der Waals surface area contributed by atoms with Crippen molar-refractivity contribution in [3.63, 3.8) is 0 Å². The molecule has 0 bridgehead atoms. The van der Waals surface area contributed by atoms with E-state index in [1.54, 1.807) is 6.20 Å². The summed E-state index contributed by atoms with van der Waals surface area (Å²) in [4.78, 5) is 4.15. The van der Waals surface area contributed by atoms with Crippen molar-refractivity contribution in [2.45, 2.75) is 31.2 Å². The zero-order valence-electron chi connectivity index (χ0n) is 8.58. The van der Waals surface area contributed by atoms with Gasteiger partial charge in [-0.2, -0.15) is 0 Å². The van der Waals surface area contributed by atoms with Crippen LogP contribution in [-0.4, -0.2) is 17.1 Å². The van der Waals surface area contributed by atoms with E-state index < -0.39 is 0 Å². The summed E-state index contributed by atoms with van der Waals surface area (Å²) in [5.74, 6) is 0.648. The Hall–Kier alpha value is -0.610. The fraction of sp³-hybridized carbons (Fsp3) is 0.545. The molecular formula is C11H15BrN2O. The van der Waals surface area contributed by atoms with Gasteiger partial charge in [-0.1, -0.05) is 12.8 Å². The Kier molecular flexibility index (Phi) is 3.26. The summed E-state index contributed by atoms with van der Waals surface area (Å²) in [6.45, 7) is 0.571. The molecule has 0 saturated heterocycles. The van der Waals surface area contributed by atoms with E-state index in [1.807, 2.05) is 12.1 Å². The SMILES string of the molecule is NC1(COc2ccc(Br)cn2)CCCC1. The van der Waals surface area contributed by atoms with Crippen LogP contribution >= 0.6 is 15.9 Å². The van der Waals surface area contributed by atoms with Crippen molar-refractivity contribution >= 4 is 15.9 Å². The molecular weight excluding hydrogens is 256 g/mol. The monoisotopic (exact) mass is 270 g/mol. The van der Waals surface area contributed by atoms with E-state index in [-0.39, 0.29) is 5.54 Å². The molecule has 1 aliphatic rings. The first kappa shape index (κ1) is 10.9. The highest BCUT2D eigenvalue weighted by molar-refractivity contribution is 9.10. The summed E-state index contributed by atoms with van der Waals surface area (Å²) >= 11 is 3.33. The maximum atomic E-state index is 6.17. The predicted molar refractivity (Wildman–Crippen MR) is 62.8 cm³/mol. The highest BCUT2D eigenvalue weighted by Crippen LogP contribution is 2.27. The maximum Gasteiger partial charge on any atom is 0.213 e. The van der Waals surface area contributed by atoms with E-state index in [1.165, 1.54) is 12.8 Å². The number of aromatic nitrogens is 1. The molecule has 1 fully saturated rings. The molecule has 0 aliphatic heterocycles. The van der Waals surface area contributed by atoms with Gasteiger partial charge in [-0.3, -0.25) is 0 Å². The van der Waals surface area contributed by atoms with Gasteiger partial charge in [0.25, 0.3) is 0 Å². The molecule has 1 aliphatic carbocycles. The molecule has 0 aromatic carbocycles. The highest BCUT2D eigenvalue weighted by Gasteiger charge is 2.30. The first-order chi connectivity index (χ1) is 7.18. The average molecular weight is 271 g/mol. The molecule has 1 heterocycles. The maximum absolute atomic E-state index is 6.17. The molecule has 1 saturated carbocycles. The summed E-state index contributed by atoms with van der Waals surface area (Å²) in [5, 5.41) is 0. The summed E-state index contributed by atoms with van der Waals surface area (Å²) in [7, 11) is 0. The molecule has 15 heavy (non-hydrogen) atoms. The van der Waals surface area contributed by atoms with Gasteiger partial charge in [-0.15, -0.1) is 0 Å². The summed E-state index contributed by atoms with van der Waals surface area (Å²) < 4.78 is 6.55. The third kappa shape index (κ3) is 2.92. The van der Waals surface area contributed by atoms with Crippen molar-refractivity contribution in [3.8, 4) is 5.88 Å². The summed E-state index contributed by atoms with van der Waals surface area (Å²) in [6.07, 6.45) is 6.28. The number of rotatable bonds is 3. The molecule has 2 rings (SSSR count). The Morgan fingerprint density at radius 1 is 1.40 bits per heavy atom. The van der Waals surface area contributed by atoms with Gasteiger partial charge in [-0.25, -0.2) is 4.98 Å². The number of halogens is 1. The van der Waals surface area contributed by atoms with Gasteiger partial charge in [0.1, 0.15) is 6.61 Å². The van der Waals surface area contributed by atoms with Gasteiger partial charge in [0.05, 0.1) is 5.54 Å². The molecule has 1 aromatic rings. The van der Waals surface area contributed by atoms with Gasteiger partial charge in [0, 0.05) is 16.7 Å². The van der Waals surface area contributed by atoms with E-state index in [2.05, 4.69) is 20.9 Å². The van der Waals surface area contributed by atoms with Crippen molar-refractivity contribution < 1.29 is 4.74 Å². The molecule has 1 aromatic heterocycles. The standard InChI is InChI=1S/C11H15BrN2O/c12-9-3-4-10(14-7-9)15-8-11(13)5-1-2-6-11/h3-4,7H,1-2,5-6,8,13H2. The van der Waals surface area contributed by atoms with E-state index in [0.717, 1.165) is 17.3 Å². The van der Waals surface area contributed by atoms with Crippen LogP contribution in [0.25, 0.3) is 0 Å². The second kappa shape index (κ2) is 4.49. The Morgan fingerprint density at radius 3 is 2.73 bits per heavy atom. The lowest BCUT2D eigenvalue weighted by molar-refractivity contribution is 0.213. The van der Waals surface area contributed by atoms with Crippen LogP contribution < -0.4 is 10.5 Å². The van der Waals surface area contributed by atoms with E-state index in [4.69, 9.17) is 10.5 Å². The van der Waals surface area contributed by atoms with Crippen molar-refractivity contribution in [3.05, 3.63) is 22.8 Å². The first-order valence-corrected chi connectivity index (χ1v) is 6.01. The van der Waals surface area contributed by atoms with Crippen LogP contribution in [0.3, 0.4) is 0 Å². The van der Waals surface area contributed by atoms with Crippen molar-refractivity contribution in [2.75, 3.05) is 6.61 Å². The topological polar surface area (TPSA) is 48.1 Å². The number of ether oxygens (including phenoxy) is 1. The average Bonchev–Trinajstić information content (AvgIpc) is 2.65. The number of nitrogens with zero attached hydrogens (tertiary/aromatic N) is 1. The Labute approximate surface area is 98.2 Å². The van der Waals surface area contributed by atoms with Gasteiger partial charge in [0.2, 0.25) is 5.88 Å². The Morgan fingerprint density at radius 2 is 2.13 bits per heavy atom. The molecule has 2 N–H and O–H groups in total. The molecule has 82 valence electrons. The van der Waals surface area contributed by atoms with Crippen LogP contribution in [-0.2, 0) is 0 Å². The van der Waals surface area contributed by atoms with Crippen LogP contribution in [0.1, 0.15) is 25.7 Å². The molecule has 0 spiro atoms. The smallest absolute Gasteiger partial charge is 0.213 e. The lowest BCUT2D eigenvalue weighted by atomic mass is 10.0. The van der Waals surface area contributed by atoms with E-state index in [9.17, 15) is 0 Å². The molecule has 0 radical (unpaired) electrons. The van der Waals surface area contributed by atoms with Crippen LogP contribution in [0.5, 0.6) is 5.88 Å². The number of pyridine rings is 1. The number of hydrogen-bond donors (Lipinski definition) is 1. The number of hydrogen-bond acceptors (Lipinski definition) is 3. The Bertz CT molecular complexity index is 320. The quantitative estimate of drug-likeness (QED) is 0.918. The fourth-order valence-electron chi connectivity index (χ4n) is 1.89. The molecule has 0 atom stereocenters. The largest absolute Gasteiger partial charge is 0.476 e. The normalized spacial score (nSPS) is 19.1. The second-order valence-corrected chi connectivity index (χ2v) is 5.09. The summed E-state index contributed by atoms with van der Waals surface area (Å²) in [6, 6.07) is 3.77. The Balaban J connectivity index is 1.90. The predicted octanol–water partition coefficient (Wildman–Crippen LogP) is 2.49. The zero-order chi connectivity index (χ0) is 10.7. The zero-order valence-corrected chi connectivity index (χ0v) is 10.2. The summed E-state index contributed by atoms with van der Waals surface area (Å²) in [5.41, 5.74) is 6.04. The van der Waals surface area contributed by atoms with Crippen LogP contribution in [0, 0.1) is 0 Å². The third-order valence-corrected chi connectivity index (χ3v) is 3.28. The van der Waals surface area contributed by atoms with Gasteiger partial charge in [0.15, 0.2) is 0 Å². The minimum atomic E-state index is -0.130. The van der Waals surface area contributed by atoms with Crippen LogP contribution in [0.2, 0.25) is 0 Å². The van der Waals surface area contributed by atoms with Gasteiger partial charge < -0.3 is 10.5 Å². The first-order valence-electron chi connectivity index (χ1n) is 5.21. The van der Waals surface area contributed by atoms with Crippen molar-refractivity contribution in [1.29, 1.82) is 0 Å².